The molecule has 0 N–H and O–H groups in total. The van der Waals surface area contributed by atoms with E-state index >= 15 is 0 Å². The van der Waals surface area contributed by atoms with Gasteiger partial charge in [0.1, 0.15) is 0 Å². The average Bonchev–Trinajstić information content (AvgIpc) is 2.58. The molecular formula is C18H24N2O2S. The van der Waals surface area contributed by atoms with E-state index in [-0.39, 0.29) is 23.8 Å². The van der Waals surface area contributed by atoms with Crippen LogP contribution in [0.4, 0.5) is 0 Å². The van der Waals surface area contributed by atoms with Crippen LogP contribution in [0.25, 0.3) is 0 Å². The van der Waals surface area contributed by atoms with Crippen molar-refractivity contribution in [3.05, 3.63) is 35.4 Å². The molecule has 0 unspecified atom stereocenters. The molecule has 0 saturated carbocycles. The van der Waals surface area contributed by atoms with Gasteiger partial charge >= 0.3 is 0 Å². The molecule has 0 radical (unpaired) electrons. The summed E-state index contributed by atoms with van der Waals surface area (Å²) in [6.45, 7) is 3.71. The molecule has 2 heterocycles. The molecule has 2 saturated heterocycles. The lowest BCUT2D eigenvalue weighted by Crippen LogP contribution is -2.49. The molecule has 2 fully saturated rings. The predicted molar refractivity (Wildman–Crippen MR) is 93.3 cm³/mol. The van der Waals surface area contributed by atoms with Gasteiger partial charge in [0.2, 0.25) is 11.8 Å². The van der Waals surface area contributed by atoms with E-state index in [1.807, 2.05) is 30.6 Å². The maximum atomic E-state index is 13.0. The van der Waals surface area contributed by atoms with Crippen LogP contribution in [-0.2, 0) is 9.59 Å². The van der Waals surface area contributed by atoms with Crippen LogP contribution in [0.3, 0.4) is 0 Å². The highest BCUT2D eigenvalue weighted by Gasteiger charge is 2.40. The SMILES string of the molecule is Cc1ccc([C@H]2[C@H](C(=O)N3CCSCC3)CCC(=O)N2C)cc1. The highest BCUT2D eigenvalue weighted by molar-refractivity contribution is 7.99. The molecule has 0 bridgehead atoms. The Morgan fingerprint density at radius 2 is 1.83 bits per heavy atom. The van der Waals surface area contributed by atoms with Crippen LogP contribution >= 0.6 is 11.8 Å². The van der Waals surface area contributed by atoms with E-state index in [1.165, 1.54) is 5.56 Å². The summed E-state index contributed by atoms with van der Waals surface area (Å²) < 4.78 is 0. The van der Waals surface area contributed by atoms with Crippen molar-refractivity contribution in [3.63, 3.8) is 0 Å². The fourth-order valence-corrected chi connectivity index (χ4v) is 4.44. The van der Waals surface area contributed by atoms with E-state index in [9.17, 15) is 9.59 Å². The molecule has 124 valence electrons. The zero-order chi connectivity index (χ0) is 16.4. The van der Waals surface area contributed by atoms with Gasteiger partial charge in [-0.3, -0.25) is 9.59 Å². The topological polar surface area (TPSA) is 40.6 Å². The molecule has 0 spiro atoms. The van der Waals surface area contributed by atoms with Crippen molar-refractivity contribution >= 4 is 23.6 Å². The first-order valence-corrected chi connectivity index (χ1v) is 9.42. The first kappa shape index (κ1) is 16.4. The second-order valence-corrected chi connectivity index (χ2v) is 7.67. The molecule has 3 rings (SSSR count). The normalized spacial score (nSPS) is 25.6. The highest BCUT2D eigenvalue weighted by atomic mass is 32.2. The maximum Gasteiger partial charge on any atom is 0.228 e. The summed E-state index contributed by atoms with van der Waals surface area (Å²) in [7, 11) is 1.83. The molecule has 2 aliphatic rings. The number of likely N-dealkylation sites (tertiary alicyclic amines) is 1. The Hall–Kier alpha value is -1.49. The van der Waals surface area contributed by atoms with Gasteiger partial charge in [-0.25, -0.2) is 0 Å². The lowest BCUT2D eigenvalue weighted by molar-refractivity contribution is -0.146. The van der Waals surface area contributed by atoms with Crippen LogP contribution in [0, 0.1) is 12.8 Å². The smallest absolute Gasteiger partial charge is 0.228 e. The van der Waals surface area contributed by atoms with Gasteiger partial charge in [0.05, 0.1) is 12.0 Å². The van der Waals surface area contributed by atoms with Gasteiger partial charge < -0.3 is 9.80 Å². The molecule has 2 atom stereocenters. The number of carbonyl (C=O) groups is 2. The average molecular weight is 332 g/mol. The number of thioether (sulfide) groups is 1. The minimum absolute atomic E-state index is 0.122. The molecular weight excluding hydrogens is 308 g/mol. The van der Waals surface area contributed by atoms with Crippen molar-refractivity contribution in [2.24, 2.45) is 5.92 Å². The molecule has 0 aliphatic carbocycles. The van der Waals surface area contributed by atoms with Crippen LogP contribution in [0.1, 0.15) is 30.0 Å². The quantitative estimate of drug-likeness (QED) is 0.835. The van der Waals surface area contributed by atoms with Gasteiger partial charge in [-0.05, 0) is 18.9 Å². The predicted octanol–water partition coefficient (Wildman–Crippen LogP) is 2.48. The van der Waals surface area contributed by atoms with Crippen LogP contribution in [-0.4, -0.2) is 53.3 Å². The Bertz CT molecular complexity index is 581. The fourth-order valence-electron chi connectivity index (χ4n) is 3.53. The summed E-state index contributed by atoms with van der Waals surface area (Å²) in [4.78, 5) is 29.0. The second kappa shape index (κ2) is 6.95. The van der Waals surface area contributed by atoms with Crippen molar-refractivity contribution in [1.29, 1.82) is 0 Å². The standard InChI is InChI=1S/C18H24N2O2S/c1-13-3-5-14(6-4-13)17-15(7-8-16(21)19(17)2)18(22)20-9-11-23-12-10-20/h3-6,15,17H,7-12H2,1-2H3/t15-,17+/m1/s1. The summed E-state index contributed by atoms with van der Waals surface area (Å²) in [5.41, 5.74) is 2.25. The summed E-state index contributed by atoms with van der Waals surface area (Å²) >= 11 is 1.90. The van der Waals surface area contributed by atoms with Gasteiger partial charge in [0.15, 0.2) is 0 Å². The van der Waals surface area contributed by atoms with E-state index in [0.717, 1.165) is 30.2 Å². The number of aryl methyl sites for hydroxylation is 1. The molecule has 0 aromatic heterocycles. The van der Waals surface area contributed by atoms with Crippen LogP contribution in [0.5, 0.6) is 0 Å². The van der Waals surface area contributed by atoms with E-state index < -0.39 is 0 Å². The number of nitrogens with zero attached hydrogens (tertiary/aromatic N) is 2. The van der Waals surface area contributed by atoms with Gasteiger partial charge in [0.25, 0.3) is 0 Å². The number of benzene rings is 1. The van der Waals surface area contributed by atoms with Crippen molar-refractivity contribution < 1.29 is 9.59 Å². The first-order valence-electron chi connectivity index (χ1n) is 8.26. The van der Waals surface area contributed by atoms with Gasteiger partial charge in [0, 0.05) is 38.1 Å². The number of amides is 2. The molecule has 1 aromatic rings. The van der Waals surface area contributed by atoms with Gasteiger partial charge in [-0.2, -0.15) is 11.8 Å². The van der Waals surface area contributed by atoms with Crippen LogP contribution in [0.15, 0.2) is 24.3 Å². The minimum atomic E-state index is -0.140. The largest absolute Gasteiger partial charge is 0.341 e. The monoisotopic (exact) mass is 332 g/mol. The Labute approximate surface area is 142 Å². The molecule has 4 nitrogen and oxygen atoms in total. The number of hydrogen-bond acceptors (Lipinski definition) is 3. The Balaban J connectivity index is 1.87. The number of hydrogen-bond donors (Lipinski definition) is 0. The second-order valence-electron chi connectivity index (χ2n) is 6.44. The molecule has 2 aliphatic heterocycles. The van der Waals surface area contributed by atoms with E-state index in [2.05, 4.69) is 24.3 Å². The van der Waals surface area contributed by atoms with Gasteiger partial charge in [-0.15, -0.1) is 0 Å². The third-order valence-corrected chi connectivity index (χ3v) is 5.86. The summed E-state index contributed by atoms with van der Waals surface area (Å²) in [6.07, 6.45) is 1.13. The number of carbonyl (C=O) groups excluding carboxylic acids is 2. The lowest BCUT2D eigenvalue weighted by Gasteiger charge is -2.41. The highest BCUT2D eigenvalue weighted by Crippen LogP contribution is 2.37. The van der Waals surface area contributed by atoms with Crippen molar-refractivity contribution in [3.8, 4) is 0 Å². The third kappa shape index (κ3) is 3.39. The van der Waals surface area contributed by atoms with Crippen molar-refractivity contribution in [1.82, 2.24) is 9.80 Å². The Morgan fingerprint density at radius 1 is 1.17 bits per heavy atom. The minimum Gasteiger partial charge on any atom is -0.341 e. The molecule has 23 heavy (non-hydrogen) atoms. The van der Waals surface area contributed by atoms with E-state index in [4.69, 9.17) is 0 Å². The fraction of sp³-hybridized carbons (Fsp3) is 0.556. The van der Waals surface area contributed by atoms with Crippen molar-refractivity contribution in [2.75, 3.05) is 31.6 Å². The Kier molecular flexibility index (Phi) is 4.95. The van der Waals surface area contributed by atoms with E-state index in [0.29, 0.717) is 12.8 Å². The molecule has 1 aromatic carbocycles. The third-order valence-electron chi connectivity index (χ3n) is 4.92. The Morgan fingerprint density at radius 3 is 2.48 bits per heavy atom. The maximum absolute atomic E-state index is 13.0. The summed E-state index contributed by atoms with van der Waals surface area (Å²) in [5, 5.41) is 0. The summed E-state index contributed by atoms with van der Waals surface area (Å²) in [5.74, 6) is 2.26. The van der Waals surface area contributed by atoms with Crippen molar-refractivity contribution in [2.45, 2.75) is 25.8 Å². The number of piperidine rings is 1. The number of rotatable bonds is 2. The van der Waals surface area contributed by atoms with Gasteiger partial charge in [-0.1, -0.05) is 29.8 Å². The zero-order valence-corrected chi connectivity index (χ0v) is 14.6. The summed E-state index contributed by atoms with van der Waals surface area (Å²) in [6, 6.07) is 8.09. The lowest BCUT2D eigenvalue weighted by atomic mass is 9.83. The zero-order valence-electron chi connectivity index (χ0n) is 13.8. The van der Waals surface area contributed by atoms with E-state index in [1.54, 1.807) is 4.90 Å². The first-order chi connectivity index (χ1) is 11.1. The van der Waals surface area contributed by atoms with Crippen LogP contribution in [0.2, 0.25) is 0 Å². The van der Waals surface area contributed by atoms with Crippen LogP contribution < -0.4 is 0 Å². The molecule has 2 amide bonds. The molecule has 5 heteroatoms.